The fourth-order valence-corrected chi connectivity index (χ4v) is 3.94. The smallest absolute Gasteiger partial charge is 0.306 e. The predicted octanol–water partition coefficient (Wildman–Crippen LogP) is 2.58. The van der Waals surface area contributed by atoms with E-state index in [9.17, 15) is 13.2 Å². The Morgan fingerprint density at radius 1 is 1.24 bits per heavy atom. The van der Waals surface area contributed by atoms with Crippen molar-refractivity contribution in [3.63, 3.8) is 0 Å². The molecule has 1 aliphatic heterocycles. The van der Waals surface area contributed by atoms with E-state index in [-0.39, 0.29) is 11.4 Å². The Morgan fingerprint density at radius 3 is 2.76 bits per heavy atom. The van der Waals surface area contributed by atoms with Crippen LogP contribution in [0.4, 0.5) is 10.5 Å². The minimum atomic E-state index is -3.86. The normalized spacial score (nSPS) is 16.2. The molecule has 2 amide bonds. The van der Waals surface area contributed by atoms with Crippen LogP contribution in [0, 0.1) is 0 Å². The number of halogens is 1. The van der Waals surface area contributed by atoms with Crippen molar-refractivity contribution in [1.82, 2.24) is 9.29 Å². The van der Waals surface area contributed by atoms with Gasteiger partial charge in [0, 0.05) is 6.20 Å². The first-order chi connectivity index (χ1) is 9.98. The fraction of sp³-hybridized carbons (Fsp3) is 0.0769. The van der Waals surface area contributed by atoms with Crippen LogP contribution in [0.15, 0.2) is 52.1 Å². The maximum atomic E-state index is 12.5. The van der Waals surface area contributed by atoms with Crippen molar-refractivity contribution >= 4 is 37.7 Å². The summed E-state index contributed by atoms with van der Waals surface area (Å²) in [6, 6.07) is 8.99. The quantitative estimate of drug-likeness (QED) is 0.827. The summed E-state index contributed by atoms with van der Waals surface area (Å²) < 4.78 is 26.5. The van der Waals surface area contributed by atoms with Crippen LogP contribution in [0.1, 0.15) is 5.56 Å². The molecule has 0 fully saturated rings. The third-order valence-electron chi connectivity index (χ3n) is 3.04. The van der Waals surface area contributed by atoms with Gasteiger partial charge in [0.2, 0.25) is 0 Å². The molecule has 0 aliphatic carbocycles. The number of hydrogen-bond acceptors (Lipinski definition) is 4. The number of nitrogens with one attached hydrogen (secondary N) is 1. The second-order valence-electron chi connectivity index (χ2n) is 4.42. The van der Waals surface area contributed by atoms with E-state index in [1.165, 1.54) is 6.07 Å². The number of anilines is 1. The zero-order valence-corrected chi connectivity index (χ0v) is 13.1. The standard InChI is InChI=1S/C13H10BrN3O3S/c14-12-7-9(5-6-15-12)8-17-13(18)16-10-3-1-2-4-11(10)21(17,19)20/h1-7H,8H2,(H,16,18). The highest BCUT2D eigenvalue weighted by molar-refractivity contribution is 9.10. The van der Waals surface area contributed by atoms with E-state index in [4.69, 9.17) is 0 Å². The summed E-state index contributed by atoms with van der Waals surface area (Å²) in [5.41, 5.74) is 0.963. The molecule has 1 aliphatic rings. The molecule has 0 saturated carbocycles. The molecule has 2 aromatic rings. The van der Waals surface area contributed by atoms with Crippen LogP contribution in [0.2, 0.25) is 0 Å². The first-order valence-electron chi connectivity index (χ1n) is 6.02. The number of benzene rings is 1. The van der Waals surface area contributed by atoms with Gasteiger partial charge in [-0.25, -0.2) is 22.5 Å². The van der Waals surface area contributed by atoms with Crippen LogP contribution in [0.5, 0.6) is 0 Å². The number of hydrogen-bond donors (Lipinski definition) is 1. The van der Waals surface area contributed by atoms with Crippen molar-refractivity contribution in [2.24, 2.45) is 0 Å². The lowest BCUT2D eigenvalue weighted by Gasteiger charge is -2.28. The molecule has 0 bridgehead atoms. The maximum absolute atomic E-state index is 12.5. The Balaban J connectivity index is 2.02. The molecule has 108 valence electrons. The lowest BCUT2D eigenvalue weighted by Crippen LogP contribution is -2.43. The number of rotatable bonds is 2. The predicted molar refractivity (Wildman–Crippen MR) is 80.1 cm³/mol. The highest BCUT2D eigenvalue weighted by atomic mass is 79.9. The summed E-state index contributed by atoms with van der Waals surface area (Å²) in [5.74, 6) is 0. The molecule has 1 aromatic carbocycles. The number of aromatic nitrogens is 1. The minimum Gasteiger partial charge on any atom is -0.306 e. The van der Waals surface area contributed by atoms with Crippen LogP contribution < -0.4 is 5.32 Å². The monoisotopic (exact) mass is 367 g/mol. The van der Waals surface area contributed by atoms with Gasteiger partial charge in [-0.2, -0.15) is 0 Å². The summed E-state index contributed by atoms with van der Waals surface area (Å²) in [5, 5.41) is 2.58. The lowest BCUT2D eigenvalue weighted by atomic mass is 10.3. The molecule has 8 heteroatoms. The van der Waals surface area contributed by atoms with Gasteiger partial charge in [0.25, 0.3) is 10.0 Å². The number of sulfonamides is 1. The molecule has 1 aromatic heterocycles. The topological polar surface area (TPSA) is 79.4 Å². The van der Waals surface area contributed by atoms with E-state index in [2.05, 4.69) is 26.2 Å². The van der Waals surface area contributed by atoms with Crippen molar-refractivity contribution in [2.75, 3.05) is 5.32 Å². The Labute approximate surface area is 130 Å². The lowest BCUT2D eigenvalue weighted by molar-refractivity contribution is 0.233. The van der Waals surface area contributed by atoms with Crippen LogP contribution in [0.25, 0.3) is 0 Å². The number of amides is 2. The van der Waals surface area contributed by atoms with E-state index in [0.29, 0.717) is 15.9 Å². The van der Waals surface area contributed by atoms with Crippen LogP contribution in [-0.4, -0.2) is 23.7 Å². The SMILES string of the molecule is O=C1Nc2ccccc2S(=O)(=O)N1Cc1ccnc(Br)c1. The average Bonchev–Trinajstić information content (AvgIpc) is 2.44. The molecule has 0 atom stereocenters. The Bertz CT molecular complexity index is 823. The summed E-state index contributed by atoms with van der Waals surface area (Å²) in [6.45, 7) is -0.0520. The van der Waals surface area contributed by atoms with Gasteiger partial charge in [-0.05, 0) is 45.8 Å². The Morgan fingerprint density at radius 2 is 2.00 bits per heavy atom. The molecule has 3 rings (SSSR count). The van der Waals surface area contributed by atoms with E-state index in [0.717, 1.165) is 4.31 Å². The first-order valence-corrected chi connectivity index (χ1v) is 8.25. The summed E-state index contributed by atoms with van der Waals surface area (Å²) >= 11 is 3.22. The minimum absolute atomic E-state index is 0.0520. The number of pyridine rings is 1. The zero-order chi connectivity index (χ0) is 15.0. The molecule has 2 heterocycles. The molecule has 0 saturated heterocycles. The van der Waals surface area contributed by atoms with Crippen LogP contribution in [0.3, 0.4) is 0 Å². The van der Waals surface area contributed by atoms with Gasteiger partial charge in [-0.3, -0.25) is 0 Å². The first kappa shape index (κ1) is 14.0. The van der Waals surface area contributed by atoms with Gasteiger partial charge in [0.05, 0.1) is 12.2 Å². The number of fused-ring (bicyclic) bond motifs is 1. The third-order valence-corrected chi connectivity index (χ3v) is 5.26. The maximum Gasteiger partial charge on any atom is 0.336 e. The van der Waals surface area contributed by atoms with Crippen molar-refractivity contribution in [3.8, 4) is 0 Å². The summed E-state index contributed by atoms with van der Waals surface area (Å²) in [4.78, 5) is 16.1. The number of nitrogens with zero attached hydrogens (tertiary/aromatic N) is 2. The highest BCUT2D eigenvalue weighted by Gasteiger charge is 2.36. The summed E-state index contributed by atoms with van der Waals surface area (Å²) in [7, 11) is -3.86. The second kappa shape index (κ2) is 5.12. The number of para-hydroxylation sites is 1. The third kappa shape index (κ3) is 2.52. The molecule has 21 heavy (non-hydrogen) atoms. The largest absolute Gasteiger partial charge is 0.336 e. The molecule has 6 nitrogen and oxygen atoms in total. The van der Waals surface area contributed by atoms with Crippen molar-refractivity contribution in [2.45, 2.75) is 11.4 Å². The van der Waals surface area contributed by atoms with Gasteiger partial charge < -0.3 is 5.32 Å². The highest BCUT2D eigenvalue weighted by Crippen LogP contribution is 2.30. The molecular weight excluding hydrogens is 358 g/mol. The number of urea groups is 1. The van der Waals surface area contributed by atoms with Crippen LogP contribution in [-0.2, 0) is 16.6 Å². The van der Waals surface area contributed by atoms with E-state index < -0.39 is 16.1 Å². The van der Waals surface area contributed by atoms with E-state index in [1.807, 2.05) is 0 Å². The van der Waals surface area contributed by atoms with Gasteiger partial charge in [0.1, 0.15) is 9.50 Å². The molecule has 0 unspecified atom stereocenters. The fourth-order valence-electron chi connectivity index (χ4n) is 2.06. The second-order valence-corrected chi connectivity index (χ2v) is 7.07. The molecule has 1 N–H and O–H groups in total. The van der Waals surface area contributed by atoms with Gasteiger partial charge in [0.15, 0.2) is 0 Å². The number of carbonyl (C=O) groups is 1. The Kier molecular flexibility index (Phi) is 3.42. The van der Waals surface area contributed by atoms with Gasteiger partial charge in [-0.1, -0.05) is 12.1 Å². The molecule has 0 spiro atoms. The van der Waals surface area contributed by atoms with Crippen molar-refractivity contribution < 1.29 is 13.2 Å². The summed E-state index contributed by atoms with van der Waals surface area (Å²) in [6.07, 6.45) is 1.54. The zero-order valence-electron chi connectivity index (χ0n) is 10.7. The van der Waals surface area contributed by atoms with Crippen molar-refractivity contribution in [3.05, 3.63) is 52.8 Å². The van der Waals surface area contributed by atoms with Crippen LogP contribution >= 0.6 is 15.9 Å². The van der Waals surface area contributed by atoms with E-state index >= 15 is 0 Å². The van der Waals surface area contributed by atoms with Gasteiger partial charge >= 0.3 is 6.03 Å². The Hall–Kier alpha value is -1.93. The molecule has 0 radical (unpaired) electrons. The van der Waals surface area contributed by atoms with E-state index in [1.54, 1.807) is 36.5 Å². The molecular formula is C13H10BrN3O3S. The van der Waals surface area contributed by atoms with Crippen molar-refractivity contribution in [1.29, 1.82) is 0 Å². The average molecular weight is 368 g/mol. The number of carbonyl (C=O) groups excluding carboxylic acids is 1. The van der Waals surface area contributed by atoms with Gasteiger partial charge in [-0.15, -0.1) is 0 Å².